The van der Waals surface area contributed by atoms with Gasteiger partial charge in [-0.25, -0.2) is 0 Å². The van der Waals surface area contributed by atoms with Crippen molar-refractivity contribution in [2.24, 2.45) is 11.8 Å². The maximum Gasteiger partial charge on any atom is 0.0789 e. The van der Waals surface area contributed by atoms with Gasteiger partial charge < -0.3 is 177 Å². The van der Waals surface area contributed by atoms with Gasteiger partial charge in [0.25, 0.3) is 0 Å². The van der Waals surface area contributed by atoms with Crippen LogP contribution >= 0.6 is 0 Å². The van der Waals surface area contributed by atoms with E-state index in [4.69, 9.17) is 0 Å². The Labute approximate surface area is 439 Å². The molecule has 1 aliphatic rings. The molecule has 0 bridgehead atoms. The fourth-order valence-corrected chi connectivity index (χ4v) is 7.44. The van der Waals surface area contributed by atoms with Gasteiger partial charge in [0.05, 0.1) is 131 Å². The molecule has 61 heavy (non-hydrogen) atoms. The summed E-state index contributed by atoms with van der Waals surface area (Å²) in [5.41, 5.74) is 0. The summed E-state index contributed by atoms with van der Waals surface area (Å²) in [4.78, 5) is 0. The highest BCUT2D eigenvalue weighted by Gasteiger charge is 2.39. The predicted molar refractivity (Wildman–Crippen MR) is 213 cm³/mol. The van der Waals surface area contributed by atoms with Crippen molar-refractivity contribution in [3.63, 3.8) is 0 Å². The highest BCUT2D eigenvalue weighted by Crippen LogP contribution is 2.35. The van der Waals surface area contributed by atoms with Crippen LogP contribution in [0.5, 0.6) is 0 Å². The molecule has 0 aromatic carbocycles. The van der Waals surface area contributed by atoms with Crippen molar-refractivity contribution in [3.8, 4) is 0 Å². The average molecular weight is 1090 g/mol. The Morgan fingerprint density at radius 3 is 0.541 bits per heavy atom. The molecule has 0 aromatic rings. The molecular formula is C41H102Cl10N10. The standard InChI is InChI=1S/C41H92N10.10ClH/c1-3-42-21-5-7-23-44-25-9-11-27-46-29-13-15-31-48-33-17-19-35-50-38-40-37-41(40)39-51-36-20-18-34-49-32-16-14-30-47-28-12-10-26-45-24-8-6-22-43-4-2;;;;;;;;;;/h40-51H,3-39H2,1-2H3;10*1H/t40-,41-;;;;;;;;;;/m0........../s1. The van der Waals surface area contributed by atoms with Crippen LogP contribution in [0.15, 0.2) is 0 Å². The largest absolute Gasteiger partial charge is 1.00 e. The second kappa shape index (κ2) is 76.7. The van der Waals surface area contributed by atoms with Crippen molar-refractivity contribution in [1.82, 2.24) is 0 Å². The van der Waals surface area contributed by atoms with Gasteiger partial charge in [0.15, 0.2) is 0 Å². The Morgan fingerprint density at radius 2 is 0.377 bits per heavy atom. The third-order valence-electron chi connectivity index (χ3n) is 11.1. The zero-order valence-corrected chi connectivity index (χ0v) is 46.4. The fraction of sp³-hybridized carbons (Fsp3) is 1.00. The molecule has 20 N–H and O–H groups in total. The minimum atomic E-state index is 0. The lowest BCUT2D eigenvalue weighted by Gasteiger charge is -2.04. The first kappa shape index (κ1) is 86.7. The minimum Gasteiger partial charge on any atom is -1.00 e. The Morgan fingerprint density at radius 1 is 0.230 bits per heavy atom. The van der Waals surface area contributed by atoms with Crippen molar-refractivity contribution < 1.29 is 177 Å². The summed E-state index contributed by atoms with van der Waals surface area (Å²) in [6, 6.07) is 0. The maximum absolute atomic E-state index is 2.62. The van der Waals surface area contributed by atoms with Crippen molar-refractivity contribution in [2.75, 3.05) is 131 Å². The van der Waals surface area contributed by atoms with Gasteiger partial charge in [-0.2, -0.15) is 0 Å². The SMILES string of the molecule is CC[NH2+]CCCC[NH2+]CCCC[NH2+]CCCC[NH2+]CCCC[NH2+]C[C@@H]1C[C@H]1C[NH2+]CCCC[NH2+]CCCC[NH2+]CCCC[NH2+]CCCC[NH2+]CC.[Cl-].[Cl-].[Cl-].[Cl-].[Cl-].[Cl-].[Cl-].[Cl-].[Cl-].[Cl-]. The van der Waals surface area contributed by atoms with Gasteiger partial charge in [0.1, 0.15) is 0 Å². The van der Waals surface area contributed by atoms with Crippen LogP contribution in [0.25, 0.3) is 0 Å². The van der Waals surface area contributed by atoms with Crippen molar-refractivity contribution in [3.05, 3.63) is 0 Å². The van der Waals surface area contributed by atoms with E-state index in [0.717, 1.165) is 11.8 Å². The molecular weight excluding hydrogens is 987 g/mol. The zero-order chi connectivity index (χ0) is 36.4. The Kier molecular flexibility index (Phi) is 109. The molecule has 0 unspecified atom stereocenters. The Bertz CT molecular complexity index is 631. The first-order valence-corrected chi connectivity index (χ1v) is 23.5. The summed E-state index contributed by atoms with van der Waals surface area (Å²) in [6.07, 6.45) is 23.7. The molecule has 0 spiro atoms. The number of nitrogens with two attached hydrogens (primary N) is 10. The summed E-state index contributed by atoms with van der Waals surface area (Å²) in [5.74, 6) is 2.04. The van der Waals surface area contributed by atoms with Crippen molar-refractivity contribution >= 4 is 0 Å². The minimum absolute atomic E-state index is 0. The molecule has 0 radical (unpaired) electrons. The third kappa shape index (κ3) is 71.7. The lowest BCUT2D eigenvalue weighted by atomic mass is 10.2. The molecule has 10 nitrogen and oxygen atoms in total. The van der Waals surface area contributed by atoms with E-state index >= 15 is 0 Å². The number of hydrogen-bond donors (Lipinski definition) is 10. The molecule has 0 aromatic heterocycles. The molecule has 0 heterocycles. The van der Waals surface area contributed by atoms with Gasteiger partial charge in [0.2, 0.25) is 0 Å². The topological polar surface area (TPSA) is 166 Å². The van der Waals surface area contributed by atoms with E-state index in [-0.39, 0.29) is 124 Å². The fourth-order valence-electron chi connectivity index (χ4n) is 7.44. The van der Waals surface area contributed by atoms with Crippen LogP contribution in [0.3, 0.4) is 0 Å². The molecule has 386 valence electrons. The zero-order valence-electron chi connectivity index (χ0n) is 38.9. The predicted octanol–water partition coefficient (Wildman–Crippen LogP) is -36.4. The van der Waals surface area contributed by atoms with Crippen LogP contribution in [0.4, 0.5) is 0 Å². The first-order chi connectivity index (χ1) is 25.4. The monoisotopic (exact) mass is 1080 g/mol. The average Bonchev–Trinajstić information content (AvgIpc) is 3.90. The maximum atomic E-state index is 2.62. The quantitative estimate of drug-likeness (QED) is 0.0263. The number of rotatable bonds is 46. The van der Waals surface area contributed by atoms with Crippen LogP contribution in [0.2, 0.25) is 0 Å². The van der Waals surface area contributed by atoms with Gasteiger partial charge >= 0.3 is 0 Å². The molecule has 0 aliphatic heterocycles. The summed E-state index contributed by atoms with van der Waals surface area (Å²) < 4.78 is 0. The summed E-state index contributed by atoms with van der Waals surface area (Å²) in [5, 5.41) is 25.4. The van der Waals surface area contributed by atoms with E-state index in [1.807, 2.05) is 0 Å². The first-order valence-electron chi connectivity index (χ1n) is 23.5. The summed E-state index contributed by atoms with van der Waals surface area (Å²) in [7, 11) is 0. The highest BCUT2D eigenvalue weighted by molar-refractivity contribution is 4.84. The highest BCUT2D eigenvalue weighted by atomic mass is 35.5. The van der Waals surface area contributed by atoms with E-state index in [9.17, 15) is 0 Å². The van der Waals surface area contributed by atoms with E-state index in [1.54, 1.807) is 0 Å². The van der Waals surface area contributed by atoms with E-state index in [1.165, 1.54) is 240 Å². The molecule has 2 atom stereocenters. The van der Waals surface area contributed by atoms with Crippen LogP contribution < -0.4 is 177 Å². The number of halogens is 10. The van der Waals surface area contributed by atoms with Gasteiger partial charge in [-0.15, -0.1) is 0 Å². The Balaban J connectivity index is -0.000000325. The lowest BCUT2D eigenvalue weighted by molar-refractivity contribution is -0.673. The van der Waals surface area contributed by atoms with E-state index in [2.05, 4.69) is 67.0 Å². The van der Waals surface area contributed by atoms with Crippen LogP contribution in [0, 0.1) is 11.8 Å². The van der Waals surface area contributed by atoms with Gasteiger partial charge in [-0.05, 0) is 20.3 Å². The lowest BCUT2D eigenvalue weighted by Crippen LogP contribution is -3.00. The second-order valence-electron chi connectivity index (χ2n) is 16.2. The van der Waals surface area contributed by atoms with Gasteiger partial charge in [0, 0.05) is 115 Å². The van der Waals surface area contributed by atoms with Crippen LogP contribution in [-0.4, -0.2) is 131 Å². The van der Waals surface area contributed by atoms with E-state index in [0.29, 0.717) is 0 Å². The number of quaternary nitrogens is 10. The van der Waals surface area contributed by atoms with Crippen molar-refractivity contribution in [1.29, 1.82) is 0 Å². The molecule has 1 saturated carbocycles. The molecule has 1 aliphatic carbocycles. The molecule has 0 amide bonds. The molecule has 20 heteroatoms. The molecule has 1 fully saturated rings. The smallest absolute Gasteiger partial charge is 0.0789 e. The Hall–Kier alpha value is 2.50. The normalized spacial score (nSPS) is 13.1. The second-order valence-corrected chi connectivity index (χ2v) is 16.2. The summed E-state index contributed by atoms with van der Waals surface area (Å²) >= 11 is 0. The number of hydrogen-bond acceptors (Lipinski definition) is 0. The van der Waals surface area contributed by atoms with Gasteiger partial charge in [-0.3, -0.25) is 0 Å². The van der Waals surface area contributed by atoms with E-state index < -0.39 is 0 Å². The van der Waals surface area contributed by atoms with Crippen LogP contribution in [-0.2, 0) is 0 Å². The summed E-state index contributed by atoms with van der Waals surface area (Å²) in [6.45, 7) is 31.0. The van der Waals surface area contributed by atoms with Crippen molar-refractivity contribution in [2.45, 2.75) is 123 Å². The molecule has 1 rings (SSSR count). The van der Waals surface area contributed by atoms with Gasteiger partial charge in [-0.1, -0.05) is 0 Å². The molecule has 0 saturated heterocycles. The van der Waals surface area contributed by atoms with Crippen LogP contribution in [0.1, 0.15) is 123 Å². The number of unbranched alkanes of at least 4 members (excludes halogenated alkanes) is 8. The third-order valence-corrected chi connectivity index (χ3v) is 11.1.